The fourth-order valence-electron chi connectivity index (χ4n) is 2.30. The van der Waals surface area contributed by atoms with E-state index in [0.29, 0.717) is 0 Å². The maximum absolute atomic E-state index is 9.00. The average molecular weight is 295 g/mol. The quantitative estimate of drug-likeness (QED) is 0.548. The number of aryl methyl sites for hydroxylation is 1. The number of rotatable bonds is 11. The van der Waals surface area contributed by atoms with E-state index in [9.17, 15) is 0 Å². The van der Waals surface area contributed by atoms with Crippen LogP contribution in [0.5, 0.6) is 0 Å². The van der Waals surface area contributed by atoms with Crippen molar-refractivity contribution in [3.63, 3.8) is 0 Å². The molecule has 0 aliphatic heterocycles. The third-order valence-corrected chi connectivity index (χ3v) is 3.44. The lowest BCUT2D eigenvalue weighted by Crippen LogP contribution is -1.93. The highest BCUT2D eigenvalue weighted by Gasteiger charge is 1.93. The van der Waals surface area contributed by atoms with Crippen molar-refractivity contribution in [2.75, 3.05) is 0 Å². The molecule has 21 heavy (non-hydrogen) atoms. The molecule has 0 aliphatic rings. The van der Waals surface area contributed by atoms with Gasteiger partial charge < -0.3 is 9.67 Å². The van der Waals surface area contributed by atoms with Gasteiger partial charge in [0.05, 0.1) is 0 Å². The summed E-state index contributed by atoms with van der Waals surface area (Å²) in [6, 6.07) is 4.21. The molecule has 0 fully saturated rings. The van der Waals surface area contributed by atoms with E-state index >= 15 is 0 Å². The second-order valence-electron chi connectivity index (χ2n) is 5.62. The Morgan fingerprint density at radius 2 is 1.24 bits per heavy atom. The summed E-state index contributed by atoms with van der Waals surface area (Å²) in [5.74, 6) is -0.833. The van der Waals surface area contributed by atoms with Crippen LogP contribution in [0.1, 0.15) is 78.1 Å². The molecule has 0 saturated carbocycles. The van der Waals surface area contributed by atoms with E-state index in [0.717, 1.165) is 6.92 Å². The fraction of sp³-hybridized carbons (Fsp3) is 0.722. The highest BCUT2D eigenvalue weighted by molar-refractivity contribution is 5.62. The molecule has 0 aliphatic carbocycles. The van der Waals surface area contributed by atoms with Gasteiger partial charge in [-0.05, 0) is 18.6 Å². The zero-order chi connectivity index (χ0) is 15.8. The number of hydrogen-bond acceptors (Lipinski definition) is 1. The molecule has 1 heterocycles. The Balaban J connectivity index is 0.000000885. The van der Waals surface area contributed by atoms with Crippen molar-refractivity contribution in [3.05, 3.63) is 24.5 Å². The summed E-state index contributed by atoms with van der Waals surface area (Å²) >= 11 is 0. The summed E-state index contributed by atoms with van der Waals surface area (Å²) in [4.78, 5) is 9.00. The van der Waals surface area contributed by atoms with Crippen LogP contribution < -0.4 is 0 Å². The molecule has 0 aromatic carbocycles. The Labute approximate surface area is 130 Å². The van der Waals surface area contributed by atoms with Crippen molar-refractivity contribution >= 4 is 5.97 Å². The van der Waals surface area contributed by atoms with E-state index in [1.54, 1.807) is 0 Å². The molecule has 0 atom stereocenters. The number of carboxylic acids is 1. The first-order chi connectivity index (χ1) is 10.2. The summed E-state index contributed by atoms with van der Waals surface area (Å²) in [6.45, 7) is 4.56. The molecule has 1 aromatic heterocycles. The van der Waals surface area contributed by atoms with Crippen LogP contribution in [0.15, 0.2) is 24.5 Å². The van der Waals surface area contributed by atoms with Crippen LogP contribution in [0.3, 0.4) is 0 Å². The van der Waals surface area contributed by atoms with E-state index in [1.165, 1.54) is 70.8 Å². The number of aliphatic carboxylic acids is 1. The highest BCUT2D eigenvalue weighted by atomic mass is 16.4. The molecular weight excluding hydrogens is 262 g/mol. The molecule has 1 N–H and O–H groups in total. The van der Waals surface area contributed by atoms with Gasteiger partial charge >= 0.3 is 0 Å². The maximum atomic E-state index is 9.00. The van der Waals surface area contributed by atoms with Gasteiger partial charge in [-0.3, -0.25) is 4.79 Å². The van der Waals surface area contributed by atoms with Gasteiger partial charge in [-0.1, -0.05) is 64.7 Å². The van der Waals surface area contributed by atoms with E-state index in [-0.39, 0.29) is 0 Å². The van der Waals surface area contributed by atoms with Crippen molar-refractivity contribution in [1.29, 1.82) is 0 Å². The van der Waals surface area contributed by atoms with E-state index < -0.39 is 5.97 Å². The lowest BCUT2D eigenvalue weighted by Gasteiger charge is -2.03. The SMILES string of the molecule is CC(=O)O.CCCCCCCCCCCCn1cccc1. The van der Waals surface area contributed by atoms with Gasteiger partial charge in [-0.15, -0.1) is 0 Å². The number of unbranched alkanes of at least 4 members (excludes halogenated alkanes) is 9. The van der Waals surface area contributed by atoms with Gasteiger partial charge in [0.15, 0.2) is 0 Å². The molecule has 1 rings (SSSR count). The molecule has 0 bridgehead atoms. The minimum absolute atomic E-state index is 0.833. The number of carboxylic acid groups (broad SMARTS) is 1. The van der Waals surface area contributed by atoms with E-state index in [1.807, 2.05) is 0 Å². The van der Waals surface area contributed by atoms with Gasteiger partial charge in [0.1, 0.15) is 0 Å². The monoisotopic (exact) mass is 295 g/mol. The van der Waals surface area contributed by atoms with Crippen LogP contribution in [0.2, 0.25) is 0 Å². The summed E-state index contributed by atoms with van der Waals surface area (Å²) in [6.07, 6.45) is 18.5. The molecule has 122 valence electrons. The first-order valence-corrected chi connectivity index (χ1v) is 8.47. The summed E-state index contributed by atoms with van der Waals surface area (Å²) in [7, 11) is 0. The lowest BCUT2D eigenvalue weighted by atomic mass is 10.1. The van der Waals surface area contributed by atoms with Crippen LogP contribution in [0.4, 0.5) is 0 Å². The molecular formula is C18H33NO2. The molecule has 3 heteroatoms. The van der Waals surface area contributed by atoms with Crippen molar-refractivity contribution < 1.29 is 9.90 Å². The molecule has 3 nitrogen and oxygen atoms in total. The topological polar surface area (TPSA) is 42.2 Å². The Kier molecular flexibility index (Phi) is 14.2. The Morgan fingerprint density at radius 1 is 0.857 bits per heavy atom. The van der Waals surface area contributed by atoms with Gasteiger partial charge in [-0.25, -0.2) is 0 Å². The highest BCUT2D eigenvalue weighted by Crippen LogP contribution is 2.10. The van der Waals surface area contributed by atoms with Crippen LogP contribution in [-0.2, 0) is 11.3 Å². The van der Waals surface area contributed by atoms with Crippen molar-refractivity contribution in [1.82, 2.24) is 4.57 Å². The second-order valence-corrected chi connectivity index (χ2v) is 5.62. The Bertz CT molecular complexity index is 316. The second kappa shape index (κ2) is 15.1. The number of hydrogen-bond donors (Lipinski definition) is 1. The van der Waals surface area contributed by atoms with Crippen molar-refractivity contribution in [2.24, 2.45) is 0 Å². The maximum Gasteiger partial charge on any atom is 0.300 e. The minimum Gasteiger partial charge on any atom is -0.481 e. The summed E-state index contributed by atoms with van der Waals surface area (Å²) in [5, 5.41) is 7.42. The minimum atomic E-state index is -0.833. The van der Waals surface area contributed by atoms with Crippen LogP contribution in [0.25, 0.3) is 0 Å². The average Bonchev–Trinajstić information content (AvgIpc) is 2.93. The molecule has 0 radical (unpaired) electrons. The Morgan fingerprint density at radius 3 is 1.67 bits per heavy atom. The van der Waals surface area contributed by atoms with Gasteiger partial charge in [0.25, 0.3) is 5.97 Å². The number of carbonyl (C=O) groups is 1. The molecule has 0 unspecified atom stereocenters. The largest absolute Gasteiger partial charge is 0.481 e. The predicted molar refractivity (Wildman–Crippen MR) is 89.6 cm³/mol. The van der Waals surface area contributed by atoms with Crippen LogP contribution in [0, 0.1) is 0 Å². The molecule has 0 amide bonds. The Hall–Kier alpha value is -1.25. The van der Waals surface area contributed by atoms with Gasteiger partial charge in [0.2, 0.25) is 0 Å². The normalized spacial score (nSPS) is 10.0. The van der Waals surface area contributed by atoms with Crippen molar-refractivity contribution in [3.8, 4) is 0 Å². The van der Waals surface area contributed by atoms with E-state index in [2.05, 4.69) is 36.0 Å². The standard InChI is InChI=1S/C16H29N.C2H4O2/c1-2-3-4-5-6-7-8-9-10-11-14-17-15-12-13-16-17;1-2(3)4/h12-13,15-16H,2-11,14H2,1H3;1H3,(H,3,4). The van der Waals surface area contributed by atoms with Crippen molar-refractivity contribution in [2.45, 2.75) is 84.6 Å². The summed E-state index contributed by atoms with van der Waals surface area (Å²) in [5.41, 5.74) is 0. The first-order valence-electron chi connectivity index (χ1n) is 8.47. The third kappa shape index (κ3) is 16.7. The first kappa shape index (κ1) is 19.8. The van der Waals surface area contributed by atoms with E-state index in [4.69, 9.17) is 9.90 Å². The number of nitrogens with zero attached hydrogens (tertiary/aromatic N) is 1. The molecule has 0 saturated heterocycles. The smallest absolute Gasteiger partial charge is 0.300 e. The predicted octanol–water partition coefficient (Wildman–Crippen LogP) is 5.50. The van der Waals surface area contributed by atoms with Gasteiger partial charge in [-0.2, -0.15) is 0 Å². The zero-order valence-corrected chi connectivity index (χ0v) is 13.9. The van der Waals surface area contributed by atoms with Crippen LogP contribution >= 0.6 is 0 Å². The fourth-order valence-corrected chi connectivity index (χ4v) is 2.30. The third-order valence-electron chi connectivity index (χ3n) is 3.44. The van der Waals surface area contributed by atoms with Gasteiger partial charge in [0, 0.05) is 25.9 Å². The molecule has 0 spiro atoms. The zero-order valence-electron chi connectivity index (χ0n) is 13.9. The number of aromatic nitrogens is 1. The van der Waals surface area contributed by atoms with Crippen LogP contribution in [-0.4, -0.2) is 15.6 Å². The molecule has 1 aromatic rings. The summed E-state index contributed by atoms with van der Waals surface area (Å²) < 4.78 is 2.28. The lowest BCUT2D eigenvalue weighted by molar-refractivity contribution is -0.134.